The van der Waals surface area contributed by atoms with E-state index in [2.05, 4.69) is 21.3 Å². The van der Waals surface area contributed by atoms with Crippen molar-refractivity contribution >= 4 is 28.9 Å². The Balaban J connectivity index is 1.78. The van der Waals surface area contributed by atoms with Crippen LogP contribution in [0, 0.1) is 34.4 Å². The summed E-state index contributed by atoms with van der Waals surface area (Å²) in [5, 5.41) is 30.7. The van der Waals surface area contributed by atoms with Crippen molar-refractivity contribution in [3.05, 3.63) is 71.7 Å². The second-order valence-corrected chi connectivity index (χ2v) is 9.22. The largest absolute Gasteiger partial charge is 0.477 e. The van der Waals surface area contributed by atoms with Gasteiger partial charge in [0.15, 0.2) is 5.69 Å². The van der Waals surface area contributed by atoms with Gasteiger partial charge in [-0.05, 0) is 66.3 Å². The van der Waals surface area contributed by atoms with Crippen LogP contribution in [0.25, 0.3) is 11.1 Å². The molecular weight excluding hydrogens is 457 g/mol. The van der Waals surface area contributed by atoms with Gasteiger partial charge in [-0.3, -0.25) is 0 Å². The van der Waals surface area contributed by atoms with E-state index in [0.29, 0.717) is 16.8 Å². The number of nitrogens with one attached hydrogen (secondary N) is 2. The third-order valence-electron chi connectivity index (χ3n) is 6.39. The highest BCUT2D eigenvalue weighted by Gasteiger charge is 2.23. The summed E-state index contributed by atoms with van der Waals surface area (Å²) in [6, 6.07) is 17.4. The Labute approximate surface area is 209 Å². The highest BCUT2D eigenvalue weighted by atomic mass is 19.1. The first-order valence-electron chi connectivity index (χ1n) is 11.9. The van der Waals surface area contributed by atoms with Crippen molar-refractivity contribution in [1.82, 2.24) is 4.98 Å². The Morgan fingerprint density at radius 1 is 1.19 bits per heavy atom. The lowest BCUT2D eigenvalue weighted by atomic mass is 9.91. The standard InChI is InChI=1S/C28H28FN5O2/c1-17(2)26(31)25-23(19-6-8-22(9-7-19)34-12-10-18(16-30)11-13-34)15-24(28(35)36)33-27(25)32-21-5-3-4-20(29)14-21/h3-9,14-15,17-18,31H,10-13H2,1-2H3,(H,32,33)(H,35,36). The predicted molar refractivity (Wildman–Crippen MR) is 139 cm³/mol. The SMILES string of the molecule is CC(C)C(=N)c1c(-c2ccc(N3CCC(C#N)CC3)cc2)cc(C(=O)O)nc1Nc1cccc(F)c1. The zero-order valence-corrected chi connectivity index (χ0v) is 20.3. The van der Waals surface area contributed by atoms with Crippen LogP contribution in [0.2, 0.25) is 0 Å². The number of carbonyl (C=O) groups is 1. The number of piperidine rings is 1. The minimum absolute atomic E-state index is 0.0976. The lowest BCUT2D eigenvalue weighted by Gasteiger charge is -2.31. The van der Waals surface area contributed by atoms with Gasteiger partial charge in [-0.2, -0.15) is 5.26 Å². The lowest BCUT2D eigenvalue weighted by molar-refractivity contribution is 0.0690. The molecule has 1 aliphatic heterocycles. The Kier molecular flexibility index (Phi) is 7.30. The van der Waals surface area contributed by atoms with Crippen LogP contribution in [0.5, 0.6) is 0 Å². The smallest absolute Gasteiger partial charge is 0.354 e. The number of carboxylic acids is 1. The molecule has 0 atom stereocenters. The van der Waals surface area contributed by atoms with Gasteiger partial charge in [0.2, 0.25) is 0 Å². The van der Waals surface area contributed by atoms with E-state index >= 15 is 0 Å². The normalized spacial score (nSPS) is 13.9. The first-order chi connectivity index (χ1) is 17.3. The molecule has 0 saturated carbocycles. The number of aromatic nitrogens is 1. The Morgan fingerprint density at radius 2 is 1.89 bits per heavy atom. The van der Waals surface area contributed by atoms with E-state index in [1.807, 2.05) is 38.1 Å². The van der Waals surface area contributed by atoms with Crippen LogP contribution in [0.15, 0.2) is 54.6 Å². The van der Waals surface area contributed by atoms with Crippen LogP contribution in [0.3, 0.4) is 0 Å². The molecule has 1 aromatic heterocycles. The monoisotopic (exact) mass is 485 g/mol. The molecule has 7 nitrogen and oxygen atoms in total. The van der Waals surface area contributed by atoms with Gasteiger partial charge in [-0.1, -0.05) is 32.0 Å². The number of aromatic carboxylic acids is 1. The number of hydrogen-bond acceptors (Lipinski definition) is 6. The summed E-state index contributed by atoms with van der Waals surface area (Å²) in [4.78, 5) is 18.5. The summed E-state index contributed by atoms with van der Waals surface area (Å²) in [6.07, 6.45) is 1.66. The predicted octanol–water partition coefficient (Wildman–Crippen LogP) is 6.09. The van der Waals surface area contributed by atoms with Crippen molar-refractivity contribution in [3.63, 3.8) is 0 Å². The van der Waals surface area contributed by atoms with E-state index in [0.717, 1.165) is 37.2 Å². The highest BCUT2D eigenvalue weighted by molar-refractivity contribution is 6.10. The molecule has 1 saturated heterocycles. The summed E-state index contributed by atoms with van der Waals surface area (Å²) in [5.74, 6) is -1.50. The lowest BCUT2D eigenvalue weighted by Crippen LogP contribution is -2.33. The van der Waals surface area contributed by atoms with E-state index in [1.165, 1.54) is 18.2 Å². The summed E-state index contributed by atoms with van der Waals surface area (Å²) in [7, 11) is 0. The van der Waals surface area contributed by atoms with Crippen LogP contribution in [0.4, 0.5) is 21.6 Å². The second-order valence-electron chi connectivity index (χ2n) is 9.22. The number of carboxylic acid groups (broad SMARTS) is 1. The first-order valence-corrected chi connectivity index (χ1v) is 11.9. The fourth-order valence-corrected chi connectivity index (χ4v) is 4.36. The van der Waals surface area contributed by atoms with E-state index in [1.54, 1.807) is 12.1 Å². The second kappa shape index (κ2) is 10.6. The van der Waals surface area contributed by atoms with E-state index < -0.39 is 11.8 Å². The zero-order chi connectivity index (χ0) is 25.8. The number of nitriles is 1. The van der Waals surface area contributed by atoms with Crippen LogP contribution in [-0.4, -0.2) is 34.9 Å². The first kappa shape index (κ1) is 24.9. The van der Waals surface area contributed by atoms with Crippen molar-refractivity contribution in [1.29, 1.82) is 10.7 Å². The topological polar surface area (TPSA) is 113 Å². The third kappa shape index (κ3) is 5.36. The zero-order valence-electron chi connectivity index (χ0n) is 20.3. The number of pyridine rings is 1. The Morgan fingerprint density at radius 3 is 2.47 bits per heavy atom. The molecule has 0 bridgehead atoms. The molecule has 36 heavy (non-hydrogen) atoms. The van der Waals surface area contributed by atoms with Crippen LogP contribution < -0.4 is 10.2 Å². The molecule has 3 aromatic rings. The van der Waals surface area contributed by atoms with Crippen LogP contribution >= 0.6 is 0 Å². The fraction of sp³-hybridized carbons (Fsp3) is 0.286. The van der Waals surface area contributed by atoms with Gasteiger partial charge in [0.1, 0.15) is 11.6 Å². The maximum atomic E-state index is 13.8. The van der Waals surface area contributed by atoms with Crippen molar-refractivity contribution in [2.75, 3.05) is 23.3 Å². The van der Waals surface area contributed by atoms with Crippen molar-refractivity contribution < 1.29 is 14.3 Å². The number of nitrogens with zero attached hydrogens (tertiary/aromatic N) is 3. The van der Waals surface area contributed by atoms with Crippen molar-refractivity contribution in [2.45, 2.75) is 26.7 Å². The molecule has 184 valence electrons. The summed E-state index contributed by atoms with van der Waals surface area (Å²) < 4.78 is 13.8. The van der Waals surface area contributed by atoms with E-state index in [-0.39, 0.29) is 29.1 Å². The summed E-state index contributed by atoms with van der Waals surface area (Å²) in [6.45, 7) is 5.39. The minimum atomic E-state index is -1.20. The Bertz CT molecular complexity index is 1320. The van der Waals surface area contributed by atoms with Crippen LogP contribution in [0.1, 0.15) is 42.7 Å². The molecule has 0 spiro atoms. The van der Waals surface area contributed by atoms with E-state index in [4.69, 9.17) is 10.7 Å². The van der Waals surface area contributed by atoms with Gasteiger partial charge in [-0.15, -0.1) is 0 Å². The fourth-order valence-electron chi connectivity index (χ4n) is 4.36. The van der Waals surface area contributed by atoms with Crippen LogP contribution in [-0.2, 0) is 0 Å². The van der Waals surface area contributed by atoms with Gasteiger partial charge in [0.05, 0.1) is 6.07 Å². The number of halogens is 1. The maximum Gasteiger partial charge on any atom is 0.354 e. The number of anilines is 3. The molecule has 4 rings (SSSR count). The third-order valence-corrected chi connectivity index (χ3v) is 6.39. The average Bonchev–Trinajstić information content (AvgIpc) is 2.88. The van der Waals surface area contributed by atoms with Gasteiger partial charge >= 0.3 is 5.97 Å². The summed E-state index contributed by atoms with van der Waals surface area (Å²) in [5.41, 5.74) is 3.34. The Hall–Kier alpha value is -4.25. The van der Waals surface area contributed by atoms with Crippen molar-refractivity contribution in [2.24, 2.45) is 11.8 Å². The molecule has 0 aliphatic carbocycles. The quantitative estimate of drug-likeness (QED) is 0.349. The highest BCUT2D eigenvalue weighted by Crippen LogP contribution is 2.34. The molecule has 1 aliphatic rings. The molecule has 0 unspecified atom stereocenters. The maximum absolute atomic E-state index is 13.8. The van der Waals surface area contributed by atoms with Gasteiger partial charge in [-0.25, -0.2) is 14.2 Å². The average molecular weight is 486 g/mol. The molecule has 8 heteroatoms. The molecular formula is C28H28FN5O2. The molecule has 0 amide bonds. The van der Waals surface area contributed by atoms with Gasteiger partial charge < -0.3 is 20.7 Å². The molecule has 2 aromatic carbocycles. The van der Waals surface area contributed by atoms with Gasteiger partial charge in [0.25, 0.3) is 0 Å². The van der Waals surface area contributed by atoms with E-state index in [9.17, 15) is 14.3 Å². The number of benzene rings is 2. The summed E-state index contributed by atoms with van der Waals surface area (Å²) >= 11 is 0. The number of hydrogen-bond donors (Lipinski definition) is 3. The molecule has 3 N–H and O–H groups in total. The molecule has 2 heterocycles. The minimum Gasteiger partial charge on any atom is -0.477 e. The molecule has 0 radical (unpaired) electrons. The number of rotatable bonds is 7. The van der Waals surface area contributed by atoms with Gasteiger partial charge in [0, 0.05) is 41.7 Å². The van der Waals surface area contributed by atoms with Crippen molar-refractivity contribution in [3.8, 4) is 17.2 Å². The molecule has 1 fully saturated rings.